The van der Waals surface area contributed by atoms with Gasteiger partial charge in [-0.05, 0) is 25.5 Å². The van der Waals surface area contributed by atoms with Crippen LogP contribution in [-0.2, 0) is 11.3 Å². The van der Waals surface area contributed by atoms with Crippen LogP contribution in [0.1, 0.15) is 34.7 Å². The van der Waals surface area contributed by atoms with Gasteiger partial charge in [-0.3, -0.25) is 4.79 Å². The van der Waals surface area contributed by atoms with Gasteiger partial charge in [-0.2, -0.15) is 0 Å². The molecule has 1 amide bonds. The largest absolute Gasteiger partial charge is 0.484 e. The highest BCUT2D eigenvalue weighted by atomic mass is 32.1. The number of morpholine rings is 1. The predicted molar refractivity (Wildman–Crippen MR) is 101 cm³/mol. The Hall–Kier alpha value is -2.45. The Kier molecular flexibility index (Phi) is 5.09. The van der Waals surface area contributed by atoms with Crippen LogP contribution in [0.3, 0.4) is 0 Å². The molecule has 1 unspecified atom stereocenters. The van der Waals surface area contributed by atoms with Gasteiger partial charge in [0.15, 0.2) is 12.3 Å². The van der Waals surface area contributed by atoms with Crippen molar-refractivity contribution < 1.29 is 18.7 Å². The highest BCUT2D eigenvalue weighted by molar-refractivity contribution is 7.18. The van der Waals surface area contributed by atoms with Crippen LogP contribution in [0.15, 0.2) is 28.9 Å². The SMILES string of the molecule is CCC1COCCN1C(=O)c1coc(COc2ccc3sc(C)nc3c2)n1. The van der Waals surface area contributed by atoms with Crippen LogP contribution in [0.5, 0.6) is 5.75 Å². The minimum Gasteiger partial charge on any atom is -0.484 e. The standard InChI is InChI=1S/C19H21N3O4S/c1-3-13-9-24-7-6-22(13)19(23)16-10-26-18(21-16)11-25-14-4-5-17-15(8-14)20-12(2)27-17/h4-5,8,10,13H,3,6-7,9,11H2,1-2H3. The average Bonchev–Trinajstić information content (AvgIpc) is 3.31. The van der Waals surface area contributed by atoms with Gasteiger partial charge in [-0.25, -0.2) is 9.97 Å². The average molecular weight is 387 g/mol. The molecule has 4 rings (SSSR count). The van der Waals surface area contributed by atoms with Crippen molar-refractivity contribution in [2.75, 3.05) is 19.8 Å². The molecule has 0 aliphatic carbocycles. The van der Waals surface area contributed by atoms with Crippen LogP contribution < -0.4 is 4.74 Å². The maximum atomic E-state index is 12.7. The molecular formula is C19H21N3O4S. The van der Waals surface area contributed by atoms with E-state index in [-0.39, 0.29) is 18.6 Å². The lowest BCUT2D eigenvalue weighted by atomic mass is 10.1. The number of ether oxygens (including phenoxy) is 2. The van der Waals surface area contributed by atoms with E-state index in [2.05, 4.69) is 9.97 Å². The molecule has 0 spiro atoms. The monoisotopic (exact) mass is 387 g/mol. The molecule has 1 atom stereocenters. The van der Waals surface area contributed by atoms with Crippen LogP contribution in [-0.4, -0.2) is 46.6 Å². The van der Waals surface area contributed by atoms with Crippen molar-refractivity contribution in [3.8, 4) is 5.75 Å². The molecule has 1 fully saturated rings. The molecule has 2 aromatic heterocycles. The van der Waals surface area contributed by atoms with E-state index in [9.17, 15) is 4.79 Å². The van der Waals surface area contributed by atoms with Crippen LogP contribution in [0.25, 0.3) is 10.2 Å². The summed E-state index contributed by atoms with van der Waals surface area (Å²) in [4.78, 5) is 23.3. The summed E-state index contributed by atoms with van der Waals surface area (Å²) in [5, 5.41) is 1.02. The van der Waals surface area contributed by atoms with Crippen molar-refractivity contribution in [2.45, 2.75) is 32.9 Å². The number of carbonyl (C=O) groups excluding carboxylic acids is 1. The Bertz CT molecular complexity index is 951. The van der Waals surface area contributed by atoms with E-state index in [0.717, 1.165) is 21.6 Å². The topological polar surface area (TPSA) is 77.7 Å². The Morgan fingerprint density at radius 1 is 1.41 bits per heavy atom. The van der Waals surface area contributed by atoms with Crippen molar-refractivity contribution in [3.05, 3.63) is 41.1 Å². The highest BCUT2D eigenvalue weighted by Gasteiger charge is 2.28. The van der Waals surface area contributed by atoms with Crippen LogP contribution in [0.2, 0.25) is 0 Å². The number of amides is 1. The molecule has 1 aliphatic rings. The van der Waals surface area contributed by atoms with Crippen LogP contribution in [0, 0.1) is 6.92 Å². The number of carbonyl (C=O) groups is 1. The third-order valence-corrected chi connectivity index (χ3v) is 5.51. The maximum Gasteiger partial charge on any atom is 0.276 e. The molecule has 8 heteroatoms. The van der Waals surface area contributed by atoms with E-state index < -0.39 is 0 Å². The van der Waals surface area contributed by atoms with Gasteiger partial charge in [0.05, 0.1) is 34.5 Å². The third kappa shape index (κ3) is 3.81. The van der Waals surface area contributed by atoms with Gasteiger partial charge in [0.1, 0.15) is 12.0 Å². The maximum absolute atomic E-state index is 12.7. The zero-order chi connectivity index (χ0) is 18.8. The second-order valence-corrected chi connectivity index (χ2v) is 7.65. The van der Waals surface area contributed by atoms with E-state index in [0.29, 0.717) is 37.1 Å². The Labute approximate surface area is 160 Å². The smallest absolute Gasteiger partial charge is 0.276 e. The minimum atomic E-state index is -0.125. The number of oxazole rings is 1. The van der Waals surface area contributed by atoms with Crippen molar-refractivity contribution in [1.82, 2.24) is 14.9 Å². The van der Waals surface area contributed by atoms with Gasteiger partial charge in [-0.15, -0.1) is 11.3 Å². The summed E-state index contributed by atoms with van der Waals surface area (Å²) >= 11 is 1.65. The molecule has 7 nitrogen and oxygen atoms in total. The lowest BCUT2D eigenvalue weighted by molar-refractivity contribution is -0.00311. The van der Waals surface area contributed by atoms with Gasteiger partial charge in [-0.1, -0.05) is 6.92 Å². The van der Waals surface area contributed by atoms with Gasteiger partial charge in [0.2, 0.25) is 5.89 Å². The summed E-state index contributed by atoms with van der Waals surface area (Å²) in [6.45, 7) is 5.87. The minimum absolute atomic E-state index is 0.0796. The number of fused-ring (bicyclic) bond motifs is 1. The molecule has 3 aromatic rings. The number of aromatic nitrogens is 2. The molecule has 27 heavy (non-hydrogen) atoms. The number of rotatable bonds is 5. The molecule has 0 bridgehead atoms. The summed E-state index contributed by atoms with van der Waals surface area (Å²) in [6.07, 6.45) is 2.24. The third-order valence-electron chi connectivity index (χ3n) is 4.56. The fourth-order valence-corrected chi connectivity index (χ4v) is 3.95. The molecule has 0 radical (unpaired) electrons. The number of hydrogen-bond donors (Lipinski definition) is 0. The second-order valence-electron chi connectivity index (χ2n) is 6.41. The number of nitrogens with zero attached hydrogens (tertiary/aromatic N) is 3. The number of benzene rings is 1. The van der Waals surface area contributed by atoms with Crippen molar-refractivity contribution >= 4 is 27.5 Å². The predicted octanol–water partition coefficient (Wildman–Crippen LogP) is 3.42. The molecule has 0 N–H and O–H groups in total. The summed E-state index contributed by atoms with van der Waals surface area (Å²) in [6, 6.07) is 5.86. The fraction of sp³-hybridized carbons (Fsp3) is 0.421. The number of hydrogen-bond acceptors (Lipinski definition) is 7. The Balaban J connectivity index is 1.41. The number of aryl methyl sites for hydroxylation is 1. The Morgan fingerprint density at radius 2 is 2.30 bits per heavy atom. The lowest BCUT2D eigenvalue weighted by Crippen LogP contribution is -2.48. The lowest BCUT2D eigenvalue weighted by Gasteiger charge is -2.34. The van der Waals surface area contributed by atoms with Gasteiger partial charge >= 0.3 is 0 Å². The first-order valence-electron chi connectivity index (χ1n) is 8.97. The van der Waals surface area contributed by atoms with Gasteiger partial charge in [0.25, 0.3) is 5.91 Å². The van der Waals surface area contributed by atoms with E-state index in [1.54, 1.807) is 11.3 Å². The number of thiazole rings is 1. The van der Waals surface area contributed by atoms with Crippen molar-refractivity contribution in [1.29, 1.82) is 0 Å². The second kappa shape index (κ2) is 7.66. The summed E-state index contributed by atoms with van der Waals surface area (Å²) in [5.41, 5.74) is 1.22. The Morgan fingerprint density at radius 3 is 3.15 bits per heavy atom. The van der Waals surface area contributed by atoms with Crippen LogP contribution >= 0.6 is 11.3 Å². The highest BCUT2D eigenvalue weighted by Crippen LogP contribution is 2.26. The summed E-state index contributed by atoms with van der Waals surface area (Å²) in [7, 11) is 0. The first kappa shape index (κ1) is 17.9. The van der Waals surface area contributed by atoms with E-state index >= 15 is 0 Å². The van der Waals surface area contributed by atoms with E-state index in [1.165, 1.54) is 6.26 Å². The van der Waals surface area contributed by atoms with Gasteiger partial charge in [0, 0.05) is 12.6 Å². The molecule has 1 aromatic carbocycles. The first-order valence-corrected chi connectivity index (χ1v) is 9.79. The molecule has 1 aliphatic heterocycles. The van der Waals surface area contributed by atoms with E-state index in [4.69, 9.17) is 13.9 Å². The fourth-order valence-electron chi connectivity index (χ4n) is 3.14. The molecular weight excluding hydrogens is 366 g/mol. The zero-order valence-corrected chi connectivity index (χ0v) is 16.1. The van der Waals surface area contributed by atoms with E-state index in [1.807, 2.05) is 36.9 Å². The molecule has 3 heterocycles. The quantitative estimate of drug-likeness (QED) is 0.668. The molecule has 1 saturated heterocycles. The summed E-state index contributed by atoms with van der Waals surface area (Å²) in [5.74, 6) is 0.937. The molecule has 142 valence electrons. The van der Waals surface area contributed by atoms with Crippen molar-refractivity contribution in [2.24, 2.45) is 0 Å². The summed E-state index contributed by atoms with van der Waals surface area (Å²) < 4.78 is 17.8. The first-order chi connectivity index (χ1) is 13.1. The van der Waals surface area contributed by atoms with Gasteiger partial charge < -0.3 is 18.8 Å². The molecule has 0 saturated carbocycles. The van der Waals surface area contributed by atoms with Crippen LogP contribution in [0.4, 0.5) is 0 Å². The zero-order valence-electron chi connectivity index (χ0n) is 15.3. The van der Waals surface area contributed by atoms with Crippen molar-refractivity contribution in [3.63, 3.8) is 0 Å². The normalized spacial score (nSPS) is 17.4.